The van der Waals surface area contributed by atoms with Gasteiger partial charge in [0.1, 0.15) is 11.8 Å². The van der Waals surface area contributed by atoms with Crippen molar-refractivity contribution in [3.63, 3.8) is 0 Å². The first-order chi connectivity index (χ1) is 6.83. The van der Waals surface area contributed by atoms with E-state index in [-0.39, 0.29) is 0 Å². The number of ether oxygens (including phenoxy) is 2. The van der Waals surface area contributed by atoms with Crippen molar-refractivity contribution in [3.8, 4) is 5.88 Å². The van der Waals surface area contributed by atoms with Crippen LogP contribution in [0.15, 0.2) is 6.20 Å². The zero-order chi connectivity index (χ0) is 9.54. The van der Waals surface area contributed by atoms with Gasteiger partial charge < -0.3 is 15.2 Å². The first-order valence-electron chi connectivity index (χ1n) is 4.92. The molecule has 3 rings (SSSR count). The van der Waals surface area contributed by atoms with E-state index in [2.05, 4.69) is 5.10 Å². The Labute approximate surface area is 81.8 Å². The first kappa shape index (κ1) is 8.11. The van der Waals surface area contributed by atoms with Crippen molar-refractivity contribution in [2.75, 3.05) is 18.9 Å². The third-order valence-electron chi connectivity index (χ3n) is 2.52. The lowest BCUT2D eigenvalue weighted by Crippen LogP contribution is -2.30. The van der Waals surface area contributed by atoms with E-state index in [1.807, 2.05) is 10.9 Å². The van der Waals surface area contributed by atoms with Crippen LogP contribution in [0, 0.1) is 0 Å². The SMILES string of the molecule is Nc1cn(C2COC2)nc1OC1CC1. The average molecular weight is 195 g/mol. The Morgan fingerprint density at radius 3 is 2.86 bits per heavy atom. The minimum Gasteiger partial charge on any atom is -0.472 e. The van der Waals surface area contributed by atoms with Gasteiger partial charge in [0.2, 0.25) is 0 Å². The molecule has 1 aromatic rings. The molecular formula is C9H13N3O2. The summed E-state index contributed by atoms with van der Waals surface area (Å²) in [6, 6.07) is 0.342. The molecular weight excluding hydrogens is 182 g/mol. The van der Waals surface area contributed by atoms with Crippen LogP contribution in [0.3, 0.4) is 0 Å². The molecule has 0 radical (unpaired) electrons. The molecule has 1 aromatic heterocycles. The summed E-state index contributed by atoms with van der Waals surface area (Å²) in [4.78, 5) is 0. The summed E-state index contributed by atoms with van der Waals surface area (Å²) in [5.41, 5.74) is 6.41. The van der Waals surface area contributed by atoms with Gasteiger partial charge in [-0.05, 0) is 12.8 Å². The highest BCUT2D eigenvalue weighted by Crippen LogP contribution is 2.30. The molecule has 0 bridgehead atoms. The topological polar surface area (TPSA) is 62.3 Å². The van der Waals surface area contributed by atoms with Gasteiger partial charge in [-0.2, -0.15) is 0 Å². The van der Waals surface area contributed by atoms with Crippen LogP contribution < -0.4 is 10.5 Å². The summed E-state index contributed by atoms with van der Waals surface area (Å²) in [7, 11) is 0. The molecule has 1 aliphatic carbocycles. The van der Waals surface area contributed by atoms with E-state index in [4.69, 9.17) is 15.2 Å². The summed E-state index contributed by atoms with van der Waals surface area (Å²) < 4.78 is 12.5. The Morgan fingerprint density at radius 2 is 2.29 bits per heavy atom. The lowest BCUT2D eigenvalue weighted by Gasteiger charge is -2.25. The Kier molecular flexibility index (Phi) is 1.67. The summed E-state index contributed by atoms with van der Waals surface area (Å²) in [6.45, 7) is 1.45. The Hall–Kier alpha value is -1.23. The molecule has 5 heteroatoms. The number of nitrogens with two attached hydrogens (primary N) is 1. The van der Waals surface area contributed by atoms with E-state index in [9.17, 15) is 0 Å². The minimum absolute atomic E-state index is 0.342. The predicted molar refractivity (Wildman–Crippen MR) is 50.1 cm³/mol. The van der Waals surface area contributed by atoms with E-state index in [1.165, 1.54) is 0 Å². The quantitative estimate of drug-likeness (QED) is 0.766. The second-order valence-corrected chi connectivity index (χ2v) is 3.88. The molecule has 1 saturated heterocycles. The van der Waals surface area contributed by atoms with Gasteiger partial charge in [-0.15, -0.1) is 5.10 Å². The lowest BCUT2D eigenvalue weighted by atomic mass is 10.3. The van der Waals surface area contributed by atoms with Crippen LogP contribution in [0.2, 0.25) is 0 Å². The van der Waals surface area contributed by atoms with E-state index >= 15 is 0 Å². The molecule has 14 heavy (non-hydrogen) atoms. The Bertz CT molecular complexity index is 342. The smallest absolute Gasteiger partial charge is 0.256 e. The van der Waals surface area contributed by atoms with Gasteiger partial charge in [0, 0.05) is 0 Å². The van der Waals surface area contributed by atoms with Crippen LogP contribution in [0.5, 0.6) is 5.88 Å². The Morgan fingerprint density at radius 1 is 1.50 bits per heavy atom. The largest absolute Gasteiger partial charge is 0.472 e. The van der Waals surface area contributed by atoms with Crippen LogP contribution in [0.4, 0.5) is 5.69 Å². The molecule has 2 heterocycles. The van der Waals surface area contributed by atoms with Crippen molar-refractivity contribution < 1.29 is 9.47 Å². The molecule has 1 aliphatic heterocycles. The van der Waals surface area contributed by atoms with Crippen LogP contribution >= 0.6 is 0 Å². The molecule has 0 unspecified atom stereocenters. The van der Waals surface area contributed by atoms with Gasteiger partial charge in [-0.25, -0.2) is 0 Å². The number of nitrogens with zero attached hydrogens (tertiary/aromatic N) is 2. The van der Waals surface area contributed by atoms with Crippen molar-refractivity contribution in [1.29, 1.82) is 0 Å². The molecule has 0 amide bonds. The first-order valence-corrected chi connectivity index (χ1v) is 4.92. The molecule has 2 aliphatic rings. The van der Waals surface area contributed by atoms with E-state index in [0.717, 1.165) is 26.1 Å². The maximum Gasteiger partial charge on any atom is 0.256 e. The normalized spacial score (nSPS) is 22.0. The van der Waals surface area contributed by atoms with E-state index in [0.29, 0.717) is 23.7 Å². The van der Waals surface area contributed by atoms with Gasteiger partial charge in [0.05, 0.1) is 25.5 Å². The highest BCUT2D eigenvalue weighted by atomic mass is 16.5. The van der Waals surface area contributed by atoms with E-state index < -0.39 is 0 Å². The van der Waals surface area contributed by atoms with Gasteiger partial charge >= 0.3 is 0 Å². The van der Waals surface area contributed by atoms with Crippen molar-refractivity contribution in [2.24, 2.45) is 0 Å². The van der Waals surface area contributed by atoms with Crippen LogP contribution in [-0.4, -0.2) is 29.1 Å². The number of hydrogen-bond acceptors (Lipinski definition) is 4. The standard InChI is InChI=1S/C9H13N3O2/c10-8-3-12(6-4-13-5-6)11-9(8)14-7-1-2-7/h3,6-7H,1-2,4-5,10H2. The number of rotatable bonds is 3. The fraction of sp³-hybridized carbons (Fsp3) is 0.667. The molecule has 76 valence electrons. The van der Waals surface area contributed by atoms with Gasteiger partial charge in [0.25, 0.3) is 5.88 Å². The zero-order valence-electron chi connectivity index (χ0n) is 7.85. The number of nitrogen functional groups attached to an aromatic ring is 1. The third kappa shape index (κ3) is 1.33. The third-order valence-corrected chi connectivity index (χ3v) is 2.52. The monoisotopic (exact) mass is 195 g/mol. The van der Waals surface area contributed by atoms with Crippen molar-refractivity contribution in [1.82, 2.24) is 9.78 Å². The average Bonchev–Trinajstić information content (AvgIpc) is 2.77. The Balaban J connectivity index is 1.77. The van der Waals surface area contributed by atoms with Crippen LogP contribution in [-0.2, 0) is 4.74 Å². The van der Waals surface area contributed by atoms with Crippen molar-refractivity contribution in [3.05, 3.63) is 6.20 Å². The van der Waals surface area contributed by atoms with Crippen molar-refractivity contribution in [2.45, 2.75) is 25.0 Å². The van der Waals surface area contributed by atoms with E-state index in [1.54, 1.807) is 0 Å². The van der Waals surface area contributed by atoms with Crippen molar-refractivity contribution >= 4 is 5.69 Å². The second kappa shape index (κ2) is 2.88. The van der Waals surface area contributed by atoms with Gasteiger partial charge in [0.15, 0.2) is 0 Å². The molecule has 5 nitrogen and oxygen atoms in total. The molecule has 0 spiro atoms. The highest BCUT2D eigenvalue weighted by Gasteiger charge is 2.27. The highest BCUT2D eigenvalue weighted by molar-refractivity contribution is 5.46. The fourth-order valence-corrected chi connectivity index (χ4v) is 1.39. The summed E-state index contributed by atoms with van der Waals surface area (Å²) in [5.74, 6) is 0.583. The maximum absolute atomic E-state index is 5.78. The molecule has 2 fully saturated rings. The minimum atomic E-state index is 0.342. The fourth-order valence-electron chi connectivity index (χ4n) is 1.39. The number of anilines is 1. The second-order valence-electron chi connectivity index (χ2n) is 3.88. The molecule has 0 atom stereocenters. The van der Waals surface area contributed by atoms with Crippen LogP contribution in [0.1, 0.15) is 18.9 Å². The summed E-state index contributed by atoms with van der Waals surface area (Å²) >= 11 is 0. The van der Waals surface area contributed by atoms with Gasteiger partial charge in [-0.3, -0.25) is 4.68 Å². The van der Waals surface area contributed by atoms with Crippen LogP contribution in [0.25, 0.3) is 0 Å². The van der Waals surface area contributed by atoms with Gasteiger partial charge in [-0.1, -0.05) is 0 Å². The number of aromatic nitrogens is 2. The maximum atomic E-state index is 5.78. The molecule has 1 saturated carbocycles. The number of hydrogen-bond donors (Lipinski definition) is 1. The summed E-state index contributed by atoms with van der Waals surface area (Å²) in [5, 5.41) is 4.30. The lowest BCUT2D eigenvalue weighted by molar-refractivity contribution is -0.0290. The predicted octanol–water partition coefficient (Wildman–Crippen LogP) is 0.578. The zero-order valence-corrected chi connectivity index (χ0v) is 7.85. The molecule has 2 N–H and O–H groups in total. The summed E-state index contributed by atoms with van der Waals surface area (Å²) in [6.07, 6.45) is 4.42. The molecule has 0 aromatic carbocycles.